The summed E-state index contributed by atoms with van der Waals surface area (Å²) in [6.45, 7) is -0.641. The predicted octanol–water partition coefficient (Wildman–Crippen LogP) is 1.20. The maximum atomic E-state index is 13.0. The molecule has 1 aliphatic rings. The maximum Gasteiger partial charge on any atom is 0.350 e. The molecule has 0 amide bonds. The van der Waals surface area contributed by atoms with Gasteiger partial charge in [-0.2, -0.15) is 9.78 Å². The molecular weight excluding hydrogens is 273 g/mol. The highest BCUT2D eigenvalue weighted by Crippen LogP contribution is 2.33. The van der Waals surface area contributed by atoms with Crippen LogP contribution in [0.3, 0.4) is 0 Å². The minimum Gasteiger partial charge on any atom is -0.470 e. The van der Waals surface area contributed by atoms with Crippen molar-refractivity contribution in [3.8, 4) is 5.88 Å². The van der Waals surface area contributed by atoms with Gasteiger partial charge in [0.05, 0.1) is 11.5 Å². The molecule has 9 heteroatoms. The number of aromatic nitrogens is 2. The first kappa shape index (κ1) is 14.7. The predicted molar refractivity (Wildman–Crippen MR) is 65.2 cm³/mol. The van der Waals surface area contributed by atoms with Crippen LogP contribution in [-0.2, 0) is 4.74 Å². The Bertz CT molecular complexity index is 461. The second-order valence-electron chi connectivity index (χ2n) is 4.45. The lowest BCUT2D eigenvalue weighted by atomic mass is 10.2. The van der Waals surface area contributed by atoms with E-state index in [1.807, 2.05) is 0 Å². The Morgan fingerprint density at radius 1 is 1.70 bits per heavy atom. The van der Waals surface area contributed by atoms with Gasteiger partial charge in [-0.1, -0.05) is 0 Å². The Morgan fingerprint density at radius 3 is 3.10 bits per heavy atom. The third-order valence-electron chi connectivity index (χ3n) is 2.96. The van der Waals surface area contributed by atoms with Gasteiger partial charge in [0.25, 0.3) is 5.88 Å². The Balaban J connectivity index is 2.19. The molecular formula is C11H16FN3O5. The molecule has 1 N–H and O–H groups in total. The van der Waals surface area contributed by atoms with Gasteiger partial charge in [0, 0.05) is 6.61 Å². The van der Waals surface area contributed by atoms with Crippen molar-refractivity contribution in [3.05, 3.63) is 16.3 Å². The maximum absolute atomic E-state index is 13.0. The highest BCUT2D eigenvalue weighted by molar-refractivity contribution is 5.39. The van der Waals surface area contributed by atoms with Crippen LogP contribution in [0, 0.1) is 10.1 Å². The summed E-state index contributed by atoms with van der Waals surface area (Å²) in [6, 6.07) is 0. The van der Waals surface area contributed by atoms with Gasteiger partial charge in [0.1, 0.15) is 12.8 Å². The monoisotopic (exact) mass is 289 g/mol. The quantitative estimate of drug-likeness (QED) is 0.624. The summed E-state index contributed by atoms with van der Waals surface area (Å²) in [7, 11) is 0. The van der Waals surface area contributed by atoms with Crippen LogP contribution >= 0.6 is 0 Å². The molecule has 1 fully saturated rings. The molecule has 0 saturated carbocycles. The average molecular weight is 289 g/mol. The van der Waals surface area contributed by atoms with Crippen molar-refractivity contribution in [2.24, 2.45) is 0 Å². The summed E-state index contributed by atoms with van der Waals surface area (Å²) in [5.74, 6) is -0.141. The number of nitrogens with zero attached hydrogens (tertiary/aromatic N) is 3. The Kier molecular flexibility index (Phi) is 4.85. The summed E-state index contributed by atoms with van der Waals surface area (Å²) in [5.41, 5.74) is -0.343. The zero-order valence-electron chi connectivity index (χ0n) is 10.8. The van der Waals surface area contributed by atoms with E-state index >= 15 is 0 Å². The van der Waals surface area contributed by atoms with Gasteiger partial charge in [-0.15, -0.1) is 0 Å². The lowest BCUT2D eigenvalue weighted by Crippen LogP contribution is -2.23. The van der Waals surface area contributed by atoms with Crippen LogP contribution < -0.4 is 4.74 Å². The van der Waals surface area contributed by atoms with E-state index in [1.165, 1.54) is 4.68 Å². The number of halogens is 1. The first-order valence-electron chi connectivity index (χ1n) is 6.34. The van der Waals surface area contributed by atoms with Crippen LogP contribution in [0.15, 0.2) is 6.20 Å². The van der Waals surface area contributed by atoms with Crippen molar-refractivity contribution in [3.63, 3.8) is 0 Å². The van der Waals surface area contributed by atoms with E-state index in [1.54, 1.807) is 0 Å². The van der Waals surface area contributed by atoms with Crippen molar-refractivity contribution in [1.29, 1.82) is 0 Å². The Morgan fingerprint density at radius 2 is 2.50 bits per heavy atom. The number of alkyl halides is 1. The van der Waals surface area contributed by atoms with Crippen molar-refractivity contribution in [1.82, 2.24) is 9.78 Å². The number of ether oxygens (including phenoxy) is 2. The Labute approximate surface area is 114 Å². The average Bonchev–Trinajstić information content (AvgIpc) is 2.89. The largest absolute Gasteiger partial charge is 0.470 e. The summed E-state index contributed by atoms with van der Waals surface area (Å²) in [6.07, 6.45) is 1.51. The van der Waals surface area contributed by atoms with E-state index in [4.69, 9.17) is 14.6 Å². The van der Waals surface area contributed by atoms with Crippen molar-refractivity contribution in [2.45, 2.75) is 31.7 Å². The SMILES string of the molecule is O=[N+]([O-])c1cnn(C2CCCCO2)c1OCC(F)CO. The van der Waals surface area contributed by atoms with Crippen LogP contribution in [0.2, 0.25) is 0 Å². The molecule has 2 heterocycles. The highest BCUT2D eigenvalue weighted by atomic mass is 19.1. The van der Waals surface area contributed by atoms with Gasteiger partial charge in [-0.25, -0.2) is 4.39 Å². The molecule has 1 aromatic rings. The van der Waals surface area contributed by atoms with Gasteiger partial charge in [0.15, 0.2) is 12.4 Å². The van der Waals surface area contributed by atoms with E-state index in [9.17, 15) is 14.5 Å². The van der Waals surface area contributed by atoms with Gasteiger partial charge in [-0.05, 0) is 19.3 Å². The third-order valence-corrected chi connectivity index (χ3v) is 2.96. The van der Waals surface area contributed by atoms with E-state index in [0.29, 0.717) is 13.0 Å². The van der Waals surface area contributed by atoms with E-state index in [2.05, 4.69) is 5.10 Å². The van der Waals surface area contributed by atoms with Crippen LogP contribution in [0.1, 0.15) is 25.5 Å². The highest BCUT2D eigenvalue weighted by Gasteiger charge is 2.28. The van der Waals surface area contributed by atoms with Gasteiger partial charge in [-0.3, -0.25) is 10.1 Å². The fraction of sp³-hybridized carbons (Fsp3) is 0.727. The minimum absolute atomic E-state index is 0.141. The molecule has 1 aliphatic heterocycles. The molecule has 8 nitrogen and oxygen atoms in total. The summed E-state index contributed by atoms with van der Waals surface area (Å²) in [5, 5.41) is 23.4. The number of rotatable bonds is 6. The second kappa shape index (κ2) is 6.62. The van der Waals surface area contributed by atoms with E-state index < -0.39 is 30.5 Å². The zero-order chi connectivity index (χ0) is 14.5. The van der Waals surface area contributed by atoms with Gasteiger partial charge < -0.3 is 14.6 Å². The molecule has 2 rings (SSSR count). The third kappa shape index (κ3) is 3.23. The number of hydrogen-bond donors (Lipinski definition) is 1. The van der Waals surface area contributed by atoms with Crippen LogP contribution in [0.5, 0.6) is 5.88 Å². The van der Waals surface area contributed by atoms with Gasteiger partial charge in [0.2, 0.25) is 0 Å². The van der Waals surface area contributed by atoms with Crippen molar-refractivity contribution in [2.75, 3.05) is 19.8 Å². The normalized spacial score (nSPS) is 20.6. The fourth-order valence-electron chi connectivity index (χ4n) is 1.95. The Hall–Kier alpha value is -1.74. The molecule has 0 aromatic carbocycles. The van der Waals surface area contributed by atoms with Gasteiger partial charge >= 0.3 is 5.69 Å². The fourth-order valence-corrected chi connectivity index (χ4v) is 1.95. The molecule has 0 radical (unpaired) electrons. The first-order valence-corrected chi connectivity index (χ1v) is 6.34. The van der Waals surface area contributed by atoms with Crippen LogP contribution in [0.4, 0.5) is 10.1 Å². The minimum atomic E-state index is -1.61. The number of hydrogen-bond acceptors (Lipinski definition) is 6. The van der Waals surface area contributed by atoms with E-state index in [0.717, 1.165) is 19.0 Å². The molecule has 1 aromatic heterocycles. The molecule has 2 unspecified atom stereocenters. The molecule has 112 valence electrons. The zero-order valence-corrected chi connectivity index (χ0v) is 10.8. The molecule has 0 bridgehead atoms. The first-order chi connectivity index (χ1) is 9.63. The van der Waals surface area contributed by atoms with Crippen molar-refractivity contribution < 1.29 is 23.9 Å². The molecule has 0 spiro atoms. The van der Waals surface area contributed by atoms with E-state index in [-0.39, 0.29) is 11.6 Å². The van der Waals surface area contributed by atoms with Crippen LogP contribution in [-0.4, -0.2) is 45.8 Å². The second-order valence-corrected chi connectivity index (χ2v) is 4.45. The number of aliphatic hydroxyl groups is 1. The molecule has 1 saturated heterocycles. The lowest BCUT2D eigenvalue weighted by molar-refractivity contribution is -0.386. The standard InChI is InChI=1S/C11H16FN3O5/c12-8(6-16)7-20-11-9(15(17)18)5-13-14(11)10-3-1-2-4-19-10/h5,8,10,16H,1-4,6-7H2. The smallest absolute Gasteiger partial charge is 0.350 e. The lowest BCUT2D eigenvalue weighted by Gasteiger charge is -2.23. The number of nitro groups is 1. The summed E-state index contributed by atoms with van der Waals surface area (Å²) in [4.78, 5) is 10.3. The van der Waals surface area contributed by atoms with Crippen molar-refractivity contribution >= 4 is 5.69 Å². The molecule has 0 aliphatic carbocycles. The summed E-state index contributed by atoms with van der Waals surface area (Å²) < 4.78 is 24.9. The topological polar surface area (TPSA) is 99.7 Å². The number of aliphatic hydroxyl groups excluding tert-OH is 1. The van der Waals surface area contributed by atoms with Crippen LogP contribution in [0.25, 0.3) is 0 Å². The molecule has 2 atom stereocenters. The molecule has 20 heavy (non-hydrogen) atoms. The summed E-state index contributed by atoms with van der Waals surface area (Å²) >= 11 is 0.